The second kappa shape index (κ2) is 8.41. The standard InChI is InChI=1S/C24H31N5O3/c1-15(30)16-10-11-18(20(12-16)32-5)26-23-25-13-19-21(27-23)29(17-8-6-7-9-17)14-24(2,3)22(31)28(19)4/h10-13,17H,6-9,14H2,1-5H3,(H,25,26,27). The molecule has 170 valence electrons. The lowest BCUT2D eigenvalue weighted by Crippen LogP contribution is -2.45. The Balaban J connectivity index is 1.74. The van der Waals surface area contributed by atoms with Crippen molar-refractivity contribution in [2.75, 3.05) is 35.8 Å². The van der Waals surface area contributed by atoms with Crippen LogP contribution >= 0.6 is 0 Å². The molecule has 2 aliphatic rings. The first-order valence-corrected chi connectivity index (χ1v) is 11.1. The largest absolute Gasteiger partial charge is 0.495 e. The minimum Gasteiger partial charge on any atom is -0.495 e. The molecule has 0 unspecified atom stereocenters. The van der Waals surface area contributed by atoms with E-state index in [4.69, 9.17) is 9.72 Å². The van der Waals surface area contributed by atoms with Crippen LogP contribution in [0.25, 0.3) is 0 Å². The van der Waals surface area contributed by atoms with Crippen LogP contribution in [0, 0.1) is 5.41 Å². The number of nitrogens with zero attached hydrogens (tertiary/aromatic N) is 4. The zero-order valence-corrected chi connectivity index (χ0v) is 19.4. The number of hydrogen-bond acceptors (Lipinski definition) is 7. The number of amides is 1. The van der Waals surface area contributed by atoms with Crippen molar-refractivity contribution in [3.63, 3.8) is 0 Å². The number of ether oxygens (including phenoxy) is 1. The molecule has 8 heteroatoms. The SMILES string of the molecule is COc1cc(C(C)=O)ccc1Nc1ncc2c(n1)N(C1CCCC1)CC(C)(C)C(=O)N2C. The molecule has 32 heavy (non-hydrogen) atoms. The monoisotopic (exact) mass is 437 g/mol. The fraction of sp³-hybridized carbons (Fsp3) is 0.500. The normalized spacial score (nSPS) is 18.3. The van der Waals surface area contributed by atoms with Crippen molar-refractivity contribution < 1.29 is 14.3 Å². The minimum absolute atomic E-state index is 0.0290. The lowest BCUT2D eigenvalue weighted by atomic mass is 9.91. The first-order valence-electron chi connectivity index (χ1n) is 11.1. The molecule has 2 heterocycles. The summed E-state index contributed by atoms with van der Waals surface area (Å²) in [7, 11) is 3.35. The van der Waals surface area contributed by atoms with Crippen molar-refractivity contribution in [3.8, 4) is 5.75 Å². The van der Waals surface area contributed by atoms with E-state index in [1.54, 1.807) is 43.5 Å². The summed E-state index contributed by atoms with van der Waals surface area (Å²) < 4.78 is 5.47. The van der Waals surface area contributed by atoms with Crippen LogP contribution < -0.4 is 19.9 Å². The Bertz CT molecular complexity index is 1050. The zero-order valence-electron chi connectivity index (χ0n) is 19.4. The fourth-order valence-electron chi connectivity index (χ4n) is 4.66. The van der Waals surface area contributed by atoms with Crippen LogP contribution in [0.3, 0.4) is 0 Å². The van der Waals surface area contributed by atoms with Gasteiger partial charge in [-0.3, -0.25) is 9.59 Å². The Morgan fingerprint density at radius 3 is 2.62 bits per heavy atom. The van der Waals surface area contributed by atoms with E-state index in [0.717, 1.165) is 24.3 Å². The number of nitrogens with one attached hydrogen (secondary N) is 1. The third kappa shape index (κ3) is 4.01. The van der Waals surface area contributed by atoms with Gasteiger partial charge in [-0.1, -0.05) is 12.8 Å². The van der Waals surface area contributed by atoms with Gasteiger partial charge in [0.15, 0.2) is 11.6 Å². The van der Waals surface area contributed by atoms with E-state index in [1.807, 2.05) is 13.8 Å². The van der Waals surface area contributed by atoms with Gasteiger partial charge in [0.05, 0.1) is 24.4 Å². The number of carbonyl (C=O) groups is 2. The molecule has 1 fully saturated rings. The number of Topliss-reactive ketones (excluding diaryl/α,β-unsaturated/α-hetero) is 1. The average Bonchev–Trinajstić information content (AvgIpc) is 3.29. The van der Waals surface area contributed by atoms with Crippen LogP contribution in [-0.2, 0) is 4.79 Å². The van der Waals surface area contributed by atoms with Gasteiger partial charge in [-0.25, -0.2) is 4.98 Å². The molecular formula is C24H31N5O3. The maximum Gasteiger partial charge on any atom is 0.234 e. The van der Waals surface area contributed by atoms with Crippen molar-refractivity contribution in [2.24, 2.45) is 5.41 Å². The number of benzene rings is 1. The molecule has 4 rings (SSSR count). The van der Waals surface area contributed by atoms with E-state index in [1.165, 1.54) is 19.8 Å². The van der Waals surface area contributed by atoms with Gasteiger partial charge >= 0.3 is 0 Å². The van der Waals surface area contributed by atoms with E-state index in [0.29, 0.717) is 35.5 Å². The number of methoxy groups -OCH3 is 1. The smallest absolute Gasteiger partial charge is 0.234 e. The summed E-state index contributed by atoms with van der Waals surface area (Å²) >= 11 is 0. The van der Waals surface area contributed by atoms with Gasteiger partial charge in [-0.15, -0.1) is 0 Å². The molecule has 1 aliphatic carbocycles. The Kier molecular flexibility index (Phi) is 5.79. The van der Waals surface area contributed by atoms with E-state index in [2.05, 4.69) is 15.2 Å². The molecule has 0 saturated heterocycles. The van der Waals surface area contributed by atoms with Crippen molar-refractivity contribution in [1.82, 2.24) is 9.97 Å². The van der Waals surface area contributed by atoms with Crippen molar-refractivity contribution in [1.29, 1.82) is 0 Å². The molecule has 1 aromatic carbocycles. The van der Waals surface area contributed by atoms with Crippen LogP contribution in [0.15, 0.2) is 24.4 Å². The molecule has 1 aromatic heterocycles. The third-order valence-corrected chi connectivity index (χ3v) is 6.45. The summed E-state index contributed by atoms with van der Waals surface area (Å²) in [6.07, 6.45) is 6.29. The van der Waals surface area contributed by atoms with Gasteiger partial charge in [-0.2, -0.15) is 4.98 Å². The summed E-state index contributed by atoms with van der Waals surface area (Å²) in [4.78, 5) is 38.2. The summed E-state index contributed by atoms with van der Waals surface area (Å²) in [5.41, 5.74) is 1.43. The molecule has 1 N–H and O–H groups in total. The predicted octanol–water partition coefficient (Wildman–Crippen LogP) is 4.18. The summed E-state index contributed by atoms with van der Waals surface area (Å²) in [5.74, 6) is 1.76. The molecule has 2 aromatic rings. The Labute approximate surface area is 189 Å². The number of aromatic nitrogens is 2. The van der Waals surface area contributed by atoms with Crippen LogP contribution in [0.4, 0.5) is 23.1 Å². The first-order chi connectivity index (χ1) is 15.2. The summed E-state index contributed by atoms with van der Waals surface area (Å²) in [6.45, 7) is 6.12. The predicted molar refractivity (Wildman–Crippen MR) is 125 cm³/mol. The molecule has 1 amide bonds. The quantitative estimate of drug-likeness (QED) is 0.702. The Morgan fingerprint density at radius 2 is 1.97 bits per heavy atom. The molecule has 0 atom stereocenters. The van der Waals surface area contributed by atoms with Gasteiger partial charge in [0, 0.05) is 25.2 Å². The summed E-state index contributed by atoms with van der Waals surface area (Å²) in [6, 6.07) is 5.60. The molecule has 0 bridgehead atoms. The lowest BCUT2D eigenvalue weighted by molar-refractivity contribution is -0.125. The van der Waals surface area contributed by atoms with Gasteiger partial charge in [0.1, 0.15) is 11.4 Å². The van der Waals surface area contributed by atoms with E-state index < -0.39 is 5.41 Å². The van der Waals surface area contributed by atoms with Gasteiger partial charge in [0.2, 0.25) is 11.9 Å². The minimum atomic E-state index is -0.530. The lowest BCUT2D eigenvalue weighted by Gasteiger charge is -2.34. The zero-order chi connectivity index (χ0) is 23.0. The second-order valence-corrected chi connectivity index (χ2v) is 9.31. The molecule has 8 nitrogen and oxygen atoms in total. The molecule has 0 spiro atoms. The van der Waals surface area contributed by atoms with E-state index >= 15 is 0 Å². The second-order valence-electron chi connectivity index (χ2n) is 9.31. The number of hydrogen-bond donors (Lipinski definition) is 1. The fourth-order valence-corrected chi connectivity index (χ4v) is 4.66. The van der Waals surface area contributed by atoms with Gasteiger partial charge in [0.25, 0.3) is 0 Å². The highest BCUT2D eigenvalue weighted by molar-refractivity contribution is 6.01. The van der Waals surface area contributed by atoms with Crippen molar-refractivity contribution >= 4 is 34.8 Å². The van der Waals surface area contributed by atoms with E-state index in [-0.39, 0.29) is 11.7 Å². The van der Waals surface area contributed by atoms with Crippen molar-refractivity contribution in [2.45, 2.75) is 52.5 Å². The van der Waals surface area contributed by atoms with Crippen LogP contribution in [0.1, 0.15) is 56.8 Å². The van der Waals surface area contributed by atoms with Gasteiger partial charge < -0.3 is 19.9 Å². The third-order valence-electron chi connectivity index (χ3n) is 6.45. The number of carbonyl (C=O) groups excluding carboxylic acids is 2. The number of fused-ring (bicyclic) bond motifs is 1. The highest BCUT2D eigenvalue weighted by Crippen LogP contribution is 2.40. The Morgan fingerprint density at radius 1 is 1.25 bits per heavy atom. The van der Waals surface area contributed by atoms with Crippen LogP contribution in [-0.4, -0.2) is 48.4 Å². The number of ketones is 1. The number of anilines is 4. The average molecular weight is 438 g/mol. The molecule has 0 radical (unpaired) electrons. The highest BCUT2D eigenvalue weighted by Gasteiger charge is 2.41. The molecular weight excluding hydrogens is 406 g/mol. The number of rotatable bonds is 5. The summed E-state index contributed by atoms with van der Waals surface area (Å²) in [5, 5.41) is 3.23. The first kappa shape index (κ1) is 22.0. The Hall–Kier alpha value is -3.16. The maximum absolute atomic E-state index is 13.1. The van der Waals surface area contributed by atoms with Crippen LogP contribution in [0.5, 0.6) is 5.75 Å². The van der Waals surface area contributed by atoms with Gasteiger partial charge in [-0.05, 0) is 51.8 Å². The van der Waals surface area contributed by atoms with Crippen molar-refractivity contribution in [3.05, 3.63) is 30.0 Å². The maximum atomic E-state index is 13.1. The highest BCUT2D eigenvalue weighted by atomic mass is 16.5. The topological polar surface area (TPSA) is 87.7 Å². The van der Waals surface area contributed by atoms with E-state index in [9.17, 15) is 9.59 Å². The molecule has 1 saturated carbocycles. The van der Waals surface area contributed by atoms with Crippen LogP contribution in [0.2, 0.25) is 0 Å². The molecule has 1 aliphatic heterocycles.